The van der Waals surface area contributed by atoms with Gasteiger partial charge in [0.1, 0.15) is 0 Å². The van der Waals surface area contributed by atoms with Gasteiger partial charge in [0.15, 0.2) is 0 Å². The summed E-state index contributed by atoms with van der Waals surface area (Å²) in [6.07, 6.45) is -3.30. The molecule has 0 aliphatic heterocycles. The second-order valence-corrected chi connectivity index (χ2v) is 3.80. The van der Waals surface area contributed by atoms with E-state index in [1.165, 1.54) is 6.92 Å². The van der Waals surface area contributed by atoms with Crippen LogP contribution in [0.4, 0.5) is 13.2 Å². The number of carboxylic acid groups (broad SMARTS) is 1. The zero-order valence-corrected chi connectivity index (χ0v) is 7.80. The molecule has 0 bridgehead atoms. The molecule has 0 aromatic rings. The number of rotatable bonds is 2. The average Bonchev–Trinajstić information content (AvgIpc) is 2.51. The Bertz CT molecular complexity index is 282. The Hall–Kier alpha value is -1.00. The van der Waals surface area contributed by atoms with Crippen LogP contribution in [-0.2, 0) is 4.79 Å². The van der Waals surface area contributed by atoms with E-state index in [1.807, 2.05) is 0 Å². The van der Waals surface area contributed by atoms with E-state index in [4.69, 9.17) is 5.11 Å². The van der Waals surface area contributed by atoms with Gasteiger partial charge in [-0.3, -0.25) is 4.79 Å². The molecule has 0 spiro atoms. The molecule has 80 valence electrons. The van der Waals surface area contributed by atoms with Crippen LogP contribution in [0.3, 0.4) is 0 Å². The van der Waals surface area contributed by atoms with Gasteiger partial charge < -0.3 is 5.11 Å². The maximum atomic E-state index is 11.8. The van der Waals surface area contributed by atoms with Crippen molar-refractivity contribution >= 4 is 5.97 Å². The summed E-state index contributed by atoms with van der Waals surface area (Å²) in [5.74, 6) is -1.79. The lowest BCUT2D eigenvalue weighted by Gasteiger charge is -2.01. The fraction of sp³-hybridized carbons (Fsp3) is 0.667. The molecule has 1 N–H and O–H groups in total. The van der Waals surface area contributed by atoms with Crippen LogP contribution >= 0.6 is 0 Å². The molecule has 5 heteroatoms. The average molecular weight is 208 g/mol. The molecule has 0 aromatic heterocycles. The van der Waals surface area contributed by atoms with Gasteiger partial charge in [-0.15, -0.1) is 0 Å². The van der Waals surface area contributed by atoms with E-state index >= 15 is 0 Å². The van der Waals surface area contributed by atoms with Crippen molar-refractivity contribution in [3.8, 4) is 0 Å². The molecule has 0 radical (unpaired) electrons. The van der Waals surface area contributed by atoms with Crippen molar-refractivity contribution in [1.29, 1.82) is 0 Å². The Kier molecular flexibility index (Phi) is 2.37. The molecule has 1 aliphatic carbocycles. The van der Waals surface area contributed by atoms with Crippen LogP contribution < -0.4 is 0 Å². The number of allylic oxidation sites excluding steroid dienone is 2. The Morgan fingerprint density at radius 2 is 2.00 bits per heavy atom. The van der Waals surface area contributed by atoms with Gasteiger partial charge in [-0.25, -0.2) is 0 Å². The van der Waals surface area contributed by atoms with Gasteiger partial charge in [-0.05, 0) is 18.8 Å². The minimum Gasteiger partial charge on any atom is -0.481 e. The van der Waals surface area contributed by atoms with Gasteiger partial charge in [-0.2, -0.15) is 13.2 Å². The molecular formula is C9H11F3O2. The molecule has 0 amide bonds. The minimum atomic E-state index is -4.36. The second kappa shape index (κ2) is 3.00. The smallest absolute Gasteiger partial charge is 0.409 e. The first-order valence-electron chi connectivity index (χ1n) is 4.19. The number of hydrogen-bond acceptors (Lipinski definition) is 1. The van der Waals surface area contributed by atoms with Crippen molar-refractivity contribution in [2.45, 2.75) is 20.0 Å². The van der Waals surface area contributed by atoms with Crippen molar-refractivity contribution in [3.05, 3.63) is 12.2 Å². The Morgan fingerprint density at radius 3 is 2.29 bits per heavy atom. The van der Waals surface area contributed by atoms with Crippen LogP contribution in [0.2, 0.25) is 0 Å². The zero-order chi connectivity index (χ0) is 11.1. The largest absolute Gasteiger partial charge is 0.481 e. The number of alkyl halides is 3. The predicted octanol–water partition coefficient (Wildman–Crippen LogP) is 2.46. The topological polar surface area (TPSA) is 37.3 Å². The van der Waals surface area contributed by atoms with E-state index < -0.39 is 23.5 Å². The third kappa shape index (κ3) is 1.76. The molecule has 0 heterocycles. The third-order valence-corrected chi connectivity index (χ3v) is 3.02. The van der Waals surface area contributed by atoms with E-state index in [0.29, 0.717) is 0 Å². The first kappa shape index (κ1) is 11.1. The minimum absolute atomic E-state index is 0.113. The highest BCUT2D eigenvalue weighted by atomic mass is 19.4. The molecule has 0 saturated heterocycles. The number of carboxylic acids is 1. The number of aliphatic carboxylic acids is 1. The van der Waals surface area contributed by atoms with Crippen LogP contribution in [0.1, 0.15) is 13.8 Å². The summed E-state index contributed by atoms with van der Waals surface area (Å²) in [7, 11) is 0. The summed E-state index contributed by atoms with van der Waals surface area (Å²) >= 11 is 0. The normalized spacial score (nSPS) is 37.5. The highest BCUT2D eigenvalue weighted by molar-refractivity contribution is 5.79. The van der Waals surface area contributed by atoms with Crippen molar-refractivity contribution in [2.75, 3.05) is 0 Å². The van der Waals surface area contributed by atoms with Crippen molar-refractivity contribution < 1.29 is 23.1 Å². The van der Waals surface area contributed by atoms with Gasteiger partial charge in [0.2, 0.25) is 0 Å². The van der Waals surface area contributed by atoms with E-state index in [0.717, 1.165) is 6.08 Å². The lowest BCUT2D eigenvalue weighted by molar-refractivity contribution is -0.143. The summed E-state index contributed by atoms with van der Waals surface area (Å²) < 4.78 is 35.4. The molecule has 3 atom stereocenters. The molecule has 2 nitrogen and oxygen atoms in total. The van der Waals surface area contributed by atoms with Crippen LogP contribution in [0.5, 0.6) is 0 Å². The first-order chi connectivity index (χ1) is 6.19. The first-order valence-corrected chi connectivity index (χ1v) is 4.19. The van der Waals surface area contributed by atoms with Gasteiger partial charge >= 0.3 is 12.1 Å². The molecule has 3 unspecified atom stereocenters. The number of carbonyl (C=O) groups is 1. The lowest BCUT2D eigenvalue weighted by Crippen LogP contribution is -2.14. The quantitative estimate of drug-likeness (QED) is 0.708. The van der Waals surface area contributed by atoms with Crippen molar-refractivity contribution in [3.63, 3.8) is 0 Å². The summed E-state index contributed by atoms with van der Waals surface area (Å²) in [6.45, 7) is 3.10. The number of halogens is 3. The lowest BCUT2D eigenvalue weighted by atomic mass is 10.1. The SMILES string of the molecule is CC1C(/C=C\C(F)(F)F)C1(C)C(=O)O. The zero-order valence-electron chi connectivity index (χ0n) is 7.80. The molecule has 0 aromatic carbocycles. The van der Waals surface area contributed by atoms with Crippen molar-refractivity contribution in [1.82, 2.24) is 0 Å². The predicted molar refractivity (Wildman–Crippen MR) is 43.6 cm³/mol. The van der Waals surface area contributed by atoms with Crippen molar-refractivity contribution in [2.24, 2.45) is 17.3 Å². The fourth-order valence-corrected chi connectivity index (χ4v) is 1.68. The maximum Gasteiger partial charge on any atom is 0.409 e. The molecule has 14 heavy (non-hydrogen) atoms. The second-order valence-electron chi connectivity index (χ2n) is 3.80. The highest BCUT2D eigenvalue weighted by Gasteiger charge is 2.62. The summed E-state index contributed by atoms with van der Waals surface area (Å²) in [5, 5.41) is 8.77. The van der Waals surface area contributed by atoms with Crippen LogP contribution in [0, 0.1) is 17.3 Å². The standard InChI is InChI=1S/C9H11F3O2/c1-5-6(3-4-9(10,11)12)8(5,2)7(13)14/h3-6H,1-2H3,(H,13,14)/b4-3-. The molecular weight excluding hydrogens is 197 g/mol. The fourth-order valence-electron chi connectivity index (χ4n) is 1.68. The van der Waals surface area contributed by atoms with Gasteiger partial charge in [-0.1, -0.05) is 13.0 Å². The monoisotopic (exact) mass is 208 g/mol. The Labute approximate surface area is 79.4 Å². The molecule has 1 aliphatic rings. The van der Waals surface area contributed by atoms with Gasteiger partial charge in [0.05, 0.1) is 5.41 Å². The van der Waals surface area contributed by atoms with Gasteiger partial charge in [0, 0.05) is 6.08 Å². The van der Waals surface area contributed by atoms with Crippen LogP contribution in [0.15, 0.2) is 12.2 Å². The molecule has 1 rings (SSSR count). The number of hydrogen-bond donors (Lipinski definition) is 1. The maximum absolute atomic E-state index is 11.8. The van der Waals surface area contributed by atoms with E-state index in [2.05, 4.69) is 0 Å². The molecule has 1 saturated carbocycles. The van der Waals surface area contributed by atoms with E-state index in [-0.39, 0.29) is 12.0 Å². The highest BCUT2D eigenvalue weighted by Crippen LogP contribution is 2.59. The summed E-state index contributed by atoms with van der Waals surface area (Å²) in [5.41, 5.74) is -1.03. The Balaban J connectivity index is 2.68. The summed E-state index contributed by atoms with van der Waals surface area (Å²) in [4.78, 5) is 10.7. The third-order valence-electron chi connectivity index (χ3n) is 3.02. The van der Waals surface area contributed by atoms with Crippen LogP contribution in [0.25, 0.3) is 0 Å². The van der Waals surface area contributed by atoms with Crippen LogP contribution in [-0.4, -0.2) is 17.3 Å². The summed E-state index contributed by atoms with van der Waals surface area (Å²) in [6, 6.07) is 0. The molecule has 1 fully saturated rings. The van der Waals surface area contributed by atoms with Gasteiger partial charge in [0.25, 0.3) is 0 Å². The Morgan fingerprint density at radius 1 is 1.50 bits per heavy atom. The van der Waals surface area contributed by atoms with E-state index in [1.54, 1.807) is 6.92 Å². The van der Waals surface area contributed by atoms with E-state index in [9.17, 15) is 18.0 Å².